The van der Waals surface area contributed by atoms with E-state index >= 15 is 0 Å². The Balaban J connectivity index is 2.31. The molecule has 1 aliphatic heterocycles. The van der Waals surface area contributed by atoms with Crippen LogP contribution in [0.2, 0.25) is 0 Å². The van der Waals surface area contributed by atoms with Crippen LogP contribution >= 0.6 is 11.6 Å². The van der Waals surface area contributed by atoms with Crippen LogP contribution in [0.5, 0.6) is 0 Å². The van der Waals surface area contributed by atoms with Crippen molar-refractivity contribution >= 4 is 23.5 Å². The zero-order chi connectivity index (χ0) is 9.84. The van der Waals surface area contributed by atoms with Crippen LogP contribution in [0.4, 0.5) is 4.79 Å². The summed E-state index contributed by atoms with van der Waals surface area (Å²) in [6.07, 6.45) is 0. The minimum Gasteiger partial charge on any atom is -0.349 e. The lowest BCUT2D eigenvalue weighted by molar-refractivity contribution is -0.122. The molecule has 1 fully saturated rings. The predicted molar refractivity (Wildman–Crippen MR) is 48.3 cm³/mol. The molecule has 3 amide bonds. The molecule has 1 heterocycles. The van der Waals surface area contributed by atoms with Gasteiger partial charge in [-0.15, -0.1) is 0 Å². The van der Waals surface area contributed by atoms with Crippen LogP contribution < -0.4 is 16.0 Å². The standard InChI is InChI=1S/C7H10ClN3O2/c1-4(8)2-9-6(12)5-3-10-7(13)11-5/h5H,1-3H2,(H,9,12)(H2,10,11,13). The molecule has 1 rings (SSSR count). The Morgan fingerprint density at radius 1 is 1.77 bits per heavy atom. The van der Waals surface area contributed by atoms with Crippen LogP contribution in [0.25, 0.3) is 0 Å². The second kappa shape index (κ2) is 4.13. The third-order valence-corrected chi connectivity index (χ3v) is 1.68. The molecule has 6 heteroatoms. The first-order chi connectivity index (χ1) is 6.09. The summed E-state index contributed by atoms with van der Waals surface area (Å²) in [5.74, 6) is -0.264. The van der Waals surface area contributed by atoms with Crippen LogP contribution in [-0.2, 0) is 4.79 Å². The number of carbonyl (C=O) groups excluding carboxylic acids is 2. The first-order valence-corrected chi connectivity index (χ1v) is 4.13. The van der Waals surface area contributed by atoms with Gasteiger partial charge in [0.25, 0.3) is 0 Å². The number of carbonyl (C=O) groups is 2. The molecule has 72 valence electrons. The van der Waals surface area contributed by atoms with E-state index in [4.69, 9.17) is 11.6 Å². The van der Waals surface area contributed by atoms with Gasteiger partial charge >= 0.3 is 6.03 Å². The summed E-state index contributed by atoms with van der Waals surface area (Å²) >= 11 is 5.45. The molecule has 3 N–H and O–H groups in total. The van der Waals surface area contributed by atoms with Crippen molar-refractivity contribution in [2.24, 2.45) is 0 Å². The highest BCUT2D eigenvalue weighted by Gasteiger charge is 2.26. The Labute approximate surface area is 80.5 Å². The minimum atomic E-state index is -0.511. The quantitative estimate of drug-likeness (QED) is 0.581. The van der Waals surface area contributed by atoms with Gasteiger partial charge < -0.3 is 16.0 Å². The van der Waals surface area contributed by atoms with Crippen molar-refractivity contribution in [2.45, 2.75) is 6.04 Å². The normalized spacial score (nSPS) is 20.4. The zero-order valence-corrected chi connectivity index (χ0v) is 7.65. The molecule has 0 saturated carbocycles. The van der Waals surface area contributed by atoms with Gasteiger partial charge in [0.05, 0.1) is 6.54 Å². The molecule has 1 saturated heterocycles. The van der Waals surface area contributed by atoms with Crippen molar-refractivity contribution in [1.82, 2.24) is 16.0 Å². The molecule has 0 radical (unpaired) electrons. The van der Waals surface area contributed by atoms with Gasteiger partial charge in [0.1, 0.15) is 6.04 Å². The SMILES string of the molecule is C=C(Cl)CNC(=O)C1CNC(=O)N1. The molecule has 0 aromatic rings. The van der Waals surface area contributed by atoms with Crippen LogP contribution in [0.15, 0.2) is 11.6 Å². The maximum Gasteiger partial charge on any atom is 0.315 e. The van der Waals surface area contributed by atoms with Gasteiger partial charge in [0, 0.05) is 11.6 Å². The average Bonchev–Trinajstić information content (AvgIpc) is 2.47. The largest absolute Gasteiger partial charge is 0.349 e. The maximum atomic E-state index is 11.2. The molecular weight excluding hydrogens is 194 g/mol. The number of urea groups is 1. The minimum absolute atomic E-state index is 0.215. The summed E-state index contributed by atoms with van der Waals surface area (Å²) < 4.78 is 0. The highest BCUT2D eigenvalue weighted by molar-refractivity contribution is 6.29. The van der Waals surface area contributed by atoms with Gasteiger partial charge in [-0.3, -0.25) is 4.79 Å². The first-order valence-electron chi connectivity index (χ1n) is 3.75. The molecular formula is C7H10ClN3O2. The van der Waals surface area contributed by atoms with Crippen molar-refractivity contribution < 1.29 is 9.59 Å². The summed E-state index contributed by atoms with van der Waals surface area (Å²) in [5.41, 5.74) is 0. The summed E-state index contributed by atoms with van der Waals surface area (Å²) in [7, 11) is 0. The molecule has 0 aromatic carbocycles. The number of hydrogen-bond donors (Lipinski definition) is 3. The Kier molecular flexibility index (Phi) is 3.13. The fourth-order valence-corrected chi connectivity index (χ4v) is 0.986. The summed E-state index contributed by atoms with van der Waals surface area (Å²) in [6, 6.07) is -0.839. The highest BCUT2D eigenvalue weighted by Crippen LogP contribution is 1.94. The summed E-state index contributed by atoms with van der Waals surface area (Å²) in [5, 5.41) is 7.79. The second-order valence-corrected chi connectivity index (χ2v) is 3.18. The van der Waals surface area contributed by atoms with E-state index in [1.54, 1.807) is 0 Å². The number of rotatable bonds is 3. The lowest BCUT2D eigenvalue weighted by Crippen LogP contribution is -2.43. The van der Waals surface area contributed by atoms with Gasteiger partial charge in [0.2, 0.25) is 5.91 Å². The van der Waals surface area contributed by atoms with E-state index < -0.39 is 6.04 Å². The van der Waals surface area contributed by atoms with Gasteiger partial charge in [-0.25, -0.2) is 4.79 Å². The Morgan fingerprint density at radius 3 is 2.92 bits per heavy atom. The van der Waals surface area contributed by atoms with E-state index in [0.29, 0.717) is 11.6 Å². The van der Waals surface area contributed by atoms with Crippen molar-refractivity contribution in [3.05, 3.63) is 11.6 Å². The molecule has 0 bridgehead atoms. The molecule has 1 unspecified atom stereocenters. The fraction of sp³-hybridized carbons (Fsp3) is 0.429. The molecule has 1 aliphatic rings. The smallest absolute Gasteiger partial charge is 0.315 e. The molecule has 0 aliphatic carbocycles. The van der Waals surface area contributed by atoms with Crippen LogP contribution in [0, 0.1) is 0 Å². The first kappa shape index (κ1) is 9.85. The predicted octanol–water partition coefficient (Wildman–Crippen LogP) is -0.463. The number of amides is 3. The van der Waals surface area contributed by atoms with Crippen molar-refractivity contribution in [2.75, 3.05) is 13.1 Å². The van der Waals surface area contributed by atoms with Crippen LogP contribution in [0.3, 0.4) is 0 Å². The van der Waals surface area contributed by atoms with Crippen molar-refractivity contribution in [3.63, 3.8) is 0 Å². The highest BCUT2D eigenvalue weighted by atomic mass is 35.5. The van der Waals surface area contributed by atoms with E-state index in [2.05, 4.69) is 22.5 Å². The van der Waals surface area contributed by atoms with Crippen LogP contribution in [-0.4, -0.2) is 31.1 Å². The summed E-state index contributed by atoms with van der Waals surface area (Å²) in [6.45, 7) is 3.94. The third kappa shape index (κ3) is 2.95. The van der Waals surface area contributed by atoms with Crippen LogP contribution in [0.1, 0.15) is 0 Å². The van der Waals surface area contributed by atoms with Crippen molar-refractivity contribution in [3.8, 4) is 0 Å². The van der Waals surface area contributed by atoms with E-state index in [-0.39, 0.29) is 18.5 Å². The Bertz CT molecular complexity index is 254. The average molecular weight is 204 g/mol. The second-order valence-electron chi connectivity index (χ2n) is 2.64. The van der Waals surface area contributed by atoms with E-state index in [1.165, 1.54) is 0 Å². The number of hydrogen-bond acceptors (Lipinski definition) is 2. The molecule has 0 spiro atoms. The van der Waals surface area contributed by atoms with E-state index in [0.717, 1.165) is 0 Å². The zero-order valence-electron chi connectivity index (χ0n) is 6.89. The lowest BCUT2D eigenvalue weighted by atomic mass is 10.3. The monoisotopic (exact) mass is 203 g/mol. The lowest BCUT2D eigenvalue weighted by Gasteiger charge is -2.08. The third-order valence-electron chi connectivity index (χ3n) is 1.54. The number of halogens is 1. The fourth-order valence-electron chi connectivity index (χ4n) is 0.920. The molecule has 13 heavy (non-hydrogen) atoms. The van der Waals surface area contributed by atoms with Gasteiger partial charge in [-0.05, 0) is 0 Å². The summed E-state index contributed by atoms with van der Waals surface area (Å²) in [4.78, 5) is 21.9. The Hall–Kier alpha value is -1.23. The Morgan fingerprint density at radius 2 is 2.46 bits per heavy atom. The maximum absolute atomic E-state index is 11.2. The van der Waals surface area contributed by atoms with E-state index in [1.807, 2.05) is 0 Å². The molecule has 1 atom stereocenters. The van der Waals surface area contributed by atoms with Gasteiger partial charge in [-0.1, -0.05) is 18.2 Å². The van der Waals surface area contributed by atoms with Crippen molar-refractivity contribution in [1.29, 1.82) is 0 Å². The number of nitrogens with one attached hydrogen (secondary N) is 3. The van der Waals surface area contributed by atoms with Gasteiger partial charge in [-0.2, -0.15) is 0 Å². The molecule has 0 aromatic heterocycles. The van der Waals surface area contributed by atoms with Gasteiger partial charge in [0.15, 0.2) is 0 Å². The van der Waals surface area contributed by atoms with E-state index in [9.17, 15) is 9.59 Å². The topological polar surface area (TPSA) is 70.2 Å². The molecule has 5 nitrogen and oxygen atoms in total.